The largest absolute Gasteiger partial charge is 0.481 e. The fraction of sp³-hybridized carbons (Fsp3) is 0.400. The van der Waals surface area contributed by atoms with Crippen molar-refractivity contribution in [2.24, 2.45) is 4.99 Å². The van der Waals surface area contributed by atoms with Crippen molar-refractivity contribution < 1.29 is 9.53 Å². The summed E-state index contributed by atoms with van der Waals surface area (Å²) in [4.78, 5) is 18.0. The minimum Gasteiger partial charge on any atom is -0.481 e. The van der Waals surface area contributed by atoms with E-state index in [0.717, 1.165) is 5.56 Å². The van der Waals surface area contributed by atoms with E-state index in [1.807, 2.05) is 6.07 Å². The Morgan fingerprint density at radius 1 is 1.57 bits per heavy atom. The normalized spacial score (nSPS) is 10.5. The first-order valence-electron chi connectivity index (χ1n) is 4.20. The maximum Gasteiger partial charge on any atom is 0.235 e. The third kappa shape index (κ3) is 1.98. The lowest BCUT2D eigenvalue weighted by Gasteiger charge is -2.19. The van der Waals surface area contributed by atoms with Crippen LogP contribution in [0.15, 0.2) is 23.3 Å². The predicted octanol–water partition coefficient (Wildman–Crippen LogP) is 1.66. The fourth-order valence-corrected chi connectivity index (χ4v) is 1.19. The van der Waals surface area contributed by atoms with Crippen molar-refractivity contribution in [2.75, 3.05) is 7.11 Å². The summed E-state index contributed by atoms with van der Waals surface area (Å²) >= 11 is 0. The van der Waals surface area contributed by atoms with Crippen molar-refractivity contribution in [3.63, 3.8) is 0 Å². The van der Waals surface area contributed by atoms with E-state index in [4.69, 9.17) is 4.74 Å². The number of pyridine rings is 1. The van der Waals surface area contributed by atoms with Gasteiger partial charge in [-0.2, -0.15) is 4.99 Å². The topological polar surface area (TPSA) is 51.6 Å². The molecule has 0 radical (unpaired) electrons. The minimum atomic E-state index is -0.651. The smallest absolute Gasteiger partial charge is 0.235 e. The van der Waals surface area contributed by atoms with Gasteiger partial charge >= 0.3 is 0 Å². The maximum absolute atomic E-state index is 10.2. The van der Waals surface area contributed by atoms with E-state index in [1.165, 1.54) is 7.11 Å². The minimum absolute atomic E-state index is 0.483. The first-order chi connectivity index (χ1) is 6.61. The first-order valence-corrected chi connectivity index (χ1v) is 4.20. The van der Waals surface area contributed by atoms with Crippen LogP contribution in [0.25, 0.3) is 0 Å². The number of rotatable bonds is 3. The second-order valence-electron chi connectivity index (χ2n) is 3.32. The van der Waals surface area contributed by atoms with Gasteiger partial charge in [-0.05, 0) is 26.0 Å². The zero-order chi connectivity index (χ0) is 10.6. The van der Waals surface area contributed by atoms with Gasteiger partial charge < -0.3 is 4.74 Å². The molecule has 0 unspecified atom stereocenters. The van der Waals surface area contributed by atoms with Crippen LogP contribution in [0.4, 0.5) is 0 Å². The van der Waals surface area contributed by atoms with Gasteiger partial charge in [0.15, 0.2) is 0 Å². The van der Waals surface area contributed by atoms with Gasteiger partial charge in [-0.1, -0.05) is 0 Å². The van der Waals surface area contributed by atoms with Crippen molar-refractivity contribution in [3.8, 4) is 5.88 Å². The number of aliphatic imine (C=N–C) groups is 1. The molecular weight excluding hydrogens is 180 g/mol. The summed E-state index contributed by atoms with van der Waals surface area (Å²) in [5.41, 5.74) is 0.118. The van der Waals surface area contributed by atoms with Gasteiger partial charge in [-0.25, -0.2) is 9.78 Å². The van der Waals surface area contributed by atoms with Crippen LogP contribution in [0.1, 0.15) is 19.4 Å². The number of carbonyl (C=O) groups excluding carboxylic acids is 1. The van der Waals surface area contributed by atoms with E-state index < -0.39 is 5.54 Å². The Balaban J connectivity index is 3.23. The van der Waals surface area contributed by atoms with E-state index in [1.54, 1.807) is 32.2 Å². The number of hydrogen-bond donors (Lipinski definition) is 0. The quantitative estimate of drug-likeness (QED) is 0.540. The second kappa shape index (κ2) is 4.03. The standard InChI is InChI=1S/C10H12N2O2/c1-10(2,12-7-13)8-5-4-6-11-9(8)14-3/h4-6H,1-3H3. The Labute approximate surface area is 82.6 Å². The molecule has 1 heterocycles. The van der Waals surface area contributed by atoms with E-state index in [-0.39, 0.29) is 0 Å². The highest BCUT2D eigenvalue weighted by Crippen LogP contribution is 2.30. The molecule has 0 N–H and O–H groups in total. The SMILES string of the molecule is COc1ncccc1C(C)(C)N=C=O. The molecule has 1 aromatic rings. The average molecular weight is 192 g/mol. The maximum atomic E-state index is 10.2. The molecule has 0 aliphatic carbocycles. The monoisotopic (exact) mass is 192 g/mol. The second-order valence-corrected chi connectivity index (χ2v) is 3.32. The molecule has 4 heteroatoms. The molecule has 74 valence electrons. The Bertz CT molecular complexity index is 368. The molecule has 4 nitrogen and oxygen atoms in total. The van der Waals surface area contributed by atoms with Crippen LogP contribution >= 0.6 is 0 Å². The van der Waals surface area contributed by atoms with Crippen molar-refractivity contribution in [2.45, 2.75) is 19.4 Å². The zero-order valence-electron chi connectivity index (χ0n) is 8.44. The number of aromatic nitrogens is 1. The molecule has 14 heavy (non-hydrogen) atoms. The van der Waals surface area contributed by atoms with Crippen LogP contribution in [0.5, 0.6) is 5.88 Å². The number of isocyanates is 1. The molecule has 0 amide bonds. The lowest BCUT2D eigenvalue weighted by atomic mass is 9.96. The molecule has 0 aromatic carbocycles. The number of ether oxygens (including phenoxy) is 1. The Hall–Kier alpha value is -1.67. The van der Waals surface area contributed by atoms with E-state index >= 15 is 0 Å². The average Bonchev–Trinajstić information content (AvgIpc) is 2.18. The Morgan fingerprint density at radius 2 is 2.29 bits per heavy atom. The molecule has 0 spiro atoms. The predicted molar refractivity (Wildman–Crippen MR) is 51.9 cm³/mol. The lowest BCUT2D eigenvalue weighted by Crippen LogP contribution is -2.15. The number of nitrogens with zero attached hydrogens (tertiary/aromatic N) is 2. The molecule has 0 atom stereocenters. The van der Waals surface area contributed by atoms with Crippen molar-refractivity contribution >= 4 is 6.08 Å². The summed E-state index contributed by atoms with van der Waals surface area (Å²) in [6.07, 6.45) is 3.18. The summed E-state index contributed by atoms with van der Waals surface area (Å²) in [6.45, 7) is 3.61. The Morgan fingerprint density at radius 3 is 2.86 bits per heavy atom. The third-order valence-corrected chi connectivity index (χ3v) is 1.95. The van der Waals surface area contributed by atoms with Crippen LogP contribution in [-0.4, -0.2) is 18.2 Å². The van der Waals surface area contributed by atoms with Gasteiger partial charge in [0.1, 0.15) is 0 Å². The van der Waals surface area contributed by atoms with E-state index in [2.05, 4.69) is 9.98 Å². The van der Waals surface area contributed by atoms with Crippen molar-refractivity contribution in [1.82, 2.24) is 4.98 Å². The fourth-order valence-electron chi connectivity index (χ4n) is 1.19. The van der Waals surface area contributed by atoms with Crippen LogP contribution in [0.2, 0.25) is 0 Å². The molecule has 0 saturated carbocycles. The highest BCUT2D eigenvalue weighted by atomic mass is 16.5. The number of methoxy groups -OCH3 is 1. The molecule has 0 aliphatic heterocycles. The highest BCUT2D eigenvalue weighted by molar-refractivity contribution is 5.40. The zero-order valence-corrected chi connectivity index (χ0v) is 8.44. The molecular formula is C10H12N2O2. The molecule has 0 aliphatic rings. The molecule has 0 fully saturated rings. The van der Waals surface area contributed by atoms with Gasteiger partial charge in [-0.3, -0.25) is 0 Å². The van der Waals surface area contributed by atoms with E-state index in [9.17, 15) is 4.79 Å². The van der Waals surface area contributed by atoms with Crippen LogP contribution in [0.3, 0.4) is 0 Å². The molecule has 0 bridgehead atoms. The van der Waals surface area contributed by atoms with Gasteiger partial charge in [0.05, 0.1) is 12.6 Å². The Kier molecular flexibility index (Phi) is 2.99. The molecule has 0 saturated heterocycles. The van der Waals surface area contributed by atoms with Crippen molar-refractivity contribution in [1.29, 1.82) is 0 Å². The van der Waals surface area contributed by atoms with Crippen LogP contribution in [-0.2, 0) is 10.3 Å². The summed E-state index contributed by atoms with van der Waals surface area (Å²) < 4.78 is 5.08. The van der Waals surface area contributed by atoms with Crippen molar-refractivity contribution in [3.05, 3.63) is 23.9 Å². The number of hydrogen-bond acceptors (Lipinski definition) is 4. The molecule has 1 aromatic heterocycles. The van der Waals surface area contributed by atoms with E-state index in [0.29, 0.717) is 5.88 Å². The summed E-state index contributed by atoms with van der Waals surface area (Å²) in [7, 11) is 1.53. The summed E-state index contributed by atoms with van der Waals surface area (Å²) in [6, 6.07) is 3.60. The van der Waals surface area contributed by atoms with Gasteiger partial charge in [0, 0.05) is 11.8 Å². The first kappa shape index (κ1) is 10.4. The molecule has 1 rings (SSSR count). The van der Waals surface area contributed by atoms with Crippen LogP contribution < -0.4 is 4.74 Å². The summed E-state index contributed by atoms with van der Waals surface area (Å²) in [5.74, 6) is 0.483. The summed E-state index contributed by atoms with van der Waals surface area (Å²) in [5, 5.41) is 0. The van der Waals surface area contributed by atoms with Gasteiger partial charge in [-0.15, -0.1) is 0 Å². The lowest BCUT2D eigenvalue weighted by molar-refractivity contribution is 0.378. The highest BCUT2D eigenvalue weighted by Gasteiger charge is 2.24. The van der Waals surface area contributed by atoms with Crippen LogP contribution in [0, 0.1) is 0 Å². The third-order valence-electron chi connectivity index (χ3n) is 1.95. The van der Waals surface area contributed by atoms with Gasteiger partial charge in [0.2, 0.25) is 12.0 Å². The van der Waals surface area contributed by atoms with Gasteiger partial charge in [0.25, 0.3) is 0 Å².